The van der Waals surface area contributed by atoms with E-state index in [0.29, 0.717) is 23.3 Å². The standard InChI is InChI=1S/C26H23ClN4OS/c27-19-3-1-2-16(9-19)22-12-23(22)25(32)31-24-11-20(6-7-28-24)29-14-21-10-17-8-18(15-4-5-15)13-30-26(17)33-21/h1-3,6-11,13,15,22-23H,4-5,12,14H2,(H2,28,29,31,32)/t22-,23+/m1/s1. The molecule has 3 heterocycles. The van der Waals surface area contributed by atoms with Crippen LogP contribution in [0.15, 0.2) is 60.9 Å². The summed E-state index contributed by atoms with van der Waals surface area (Å²) >= 11 is 7.80. The maximum absolute atomic E-state index is 12.7. The molecule has 33 heavy (non-hydrogen) atoms. The maximum Gasteiger partial charge on any atom is 0.229 e. The molecule has 0 unspecified atom stereocenters. The average molecular weight is 475 g/mol. The highest BCUT2D eigenvalue weighted by atomic mass is 35.5. The fourth-order valence-corrected chi connectivity index (χ4v) is 5.45. The van der Waals surface area contributed by atoms with Crippen LogP contribution in [-0.4, -0.2) is 15.9 Å². The number of amides is 1. The summed E-state index contributed by atoms with van der Waals surface area (Å²) in [6, 6.07) is 16.1. The van der Waals surface area contributed by atoms with Crippen molar-refractivity contribution in [2.24, 2.45) is 5.92 Å². The number of aromatic nitrogens is 2. The third kappa shape index (κ3) is 4.59. The van der Waals surface area contributed by atoms with Crippen molar-refractivity contribution in [3.05, 3.63) is 82.0 Å². The smallest absolute Gasteiger partial charge is 0.229 e. The number of carbonyl (C=O) groups excluding carboxylic acids is 1. The highest BCUT2D eigenvalue weighted by molar-refractivity contribution is 7.18. The zero-order valence-electron chi connectivity index (χ0n) is 17.9. The van der Waals surface area contributed by atoms with E-state index >= 15 is 0 Å². The molecule has 6 rings (SSSR count). The summed E-state index contributed by atoms with van der Waals surface area (Å²) in [4.78, 5) is 24.0. The monoisotopic (exact) mass is 474 g/mol. The number of nitrogens with zero attached hydrogens (tertiary/aromatic N) is 2. The predicted octanol–water partition coefficient (Wildman–Crippen LogP) is 6.58. The molecule has 0 radical (unpaired) electrons. The molecule has 0 spiro atoms. The molecule has 2 aliphatic carbocycles. The molecule has 1 amide bonds. The van der Waals surface area contributed by atoms with Gasteiger partial charge in [0, 0.05) is 51.9 Å². The first kappa shape index (κ1) is 20.6. The van der Waals surface area contributed by atoms with Gasteiger partial charge in [-0.3, -0.25) is 4.79 Å². The van der Waals surface area contributed by atoms with Crippen molar-refractivity contribution >= 4 is 50.6 Å². The Morgan fingerprint density at radius 1 is 1.09 bits per heavy atom. The summed E-state index contributed by atoms with van der Waals surface area (Å²) in [5, 5.41) is 8.35. The Balaban J connectivity index is 1.08. The van der Waals surface area contributed by atoms with Gasteiger partial charge in [0.25, 0.3) is 0 Å². The number of pyridine rings is 2. The van der Waals surface area contributed by atoms with Crippen LogP contribution >= 0.6 is 22.9 Å². The lowest BCUT2D eigenvalue weighted by Crippen LogP contribution is -2.15. The van der Waals surface area contributed by atoms with Crippen molar-refractivity contribution in [1.29, 1.82) is 0 Å². The molecule has 7 heteroatoms. The third-order valence-corrected chi connectivity index (χ3v) is 7.67. The first-order valence-electron chi connectivity index (χ1n) is 11.3. The summed E-state index contributed by atoms with van der Waals surface area (Å²) < 4.78 is 0. The molecule has 2 fully saturated rings. The van der Waals surface area contributed by atoms with Gasteiger partial charge in [-0.25, -0.2) is 9.97 Å². The van der Waals surface area contributed by atoms with Gasteiger partial charge in [0.1, 0.15) is 10.6 Å². The number of carbonyl (C=O) groups is 1. The number of benzene rings is 1. The van der Waals surface area contributed by atoms with Gasteiger partial charge in [-0.15, -0.1) is 11.3 Å². The molecule has 3 aromatic heterocycles. The van der Waals surface area contributed by atoms with E-state index in [0.717, 1.165) is 22.5 Å². The highest BCUT2D eigenvalue weighted by Crippen LogP contribution is 2.48. The first-order chi connectivity index (χ1) is 16.1. The molecular formula is C26H23ClN4OS. The second-order valence-corrected chi connectivity index (χ2v) is 10.5. The fraction of sp³-hybridized carbons (Fsp3) is 0.269. The zero-order chi connectivity index (χ0) is 22.4. The van der Waals surface area contributed by atoms with Crippen LogP contribution < -0.4 is 10.6 Å². The average Bonchev–Trinajstić information content (AvgIpc) is 3.74. The van der Waals surface area contributed by atoms with E-state index in [9.17, 15) is 4.79 Å². The minimum Gasteiger partial charge on any atom is -0.380 e. The molecule has 2 aliphatic rings. The van der Waals surface area contributed by atoms with Crippen LogP contribution in [0.4, 0.5) is 11.5 Å². The molecule has 0 bridgehead atoms. The number of thiophene rings is 1. The third-order valence-electron chi connectivity index (χ3n) is 6.37. The van der Waals surface area contributed by atoms with Crippen LogP contribution in [0.1, 0.15) is 47.1 Å². The second kappa shape index (κ2) is 8.43. The highest BCUT2D eigenvalue weighted by Gasteiger charge is 2.44. The lowest BCUT2D eigenvalue weighted by Gasteiger charge is -2.08. The van der Waals surface area contributed by atoms with Crippen LogP contribution in [0.2, 0.25) is 5.02 Å². The van der Waals surface area contributed by atoms with Crippen LogP contribution in [0, 0.1) is 5.92 Å². The van der Waals surface area contributed by atoms with E-state index in [1.165, 1.54) is 28.7 Å². The Morgan fingerprint density at radius 3 is 2.85 bits per heavy atom. The summed E-state index contributed by atoms with van der Waals surface area (Å²) in [5.74, 6) is 1.48. The fourth-order valence-electron chi connectivity index (χ4n) is 4.34. The Kier molecular flexibility index (Phi) is 5.27. The van der Waals surface area contributed by atoms with Crippen molar-refractivity contribution in [2.45, 2.75) is 37.6 Å². The van der Waals surface area contributed by atoms with Crippen molar-refractivity contribution in [2.75, 3.05) is 10.6 Å². The lowest BCUT2D eigenvalue weighted by atomic mass is 10.1. The van der Waals surface area contributed by atoms with Crippen molar-refractivity contribution in [3.8, 4) is 0 Å². The SMILES string of the molecule is O=C(Nc1cc(NCc2cc3cc(C4CC4)cnc3s2)ccn1)[C@H]1C[C@@H]1c1cccc(Cl)c1. The summed E-state index contributed by atoms with van der Waals surface area (Å²) in [6.45, 7) is 0.705. The Labute approximate surface area is 201 Å². The second-order valence-electron chi connectivity index (χ2n) is 8.93. The number of nitrogens with one attached hydrogen (secondary N) is 2. The van der Waals surface area contributed by atoms with E-state index in [1.54, 1.807) is 17.5 Å². The predicted molar refractivity (Wildman–Crippen MR) is 134 cm³/mol. The molecule has 5 nitrogen and oxygen atoms in total. The normalized spacial score (nSPS) is 19.4. The number of halogens is 1. The van der Waals surface area contributed by atoms with E-state index in [4.69, 9.17) is 11.6 Å². The van der Waals surface area contributed by atoms with Gasteiger partial charge in [0.2, 0.25) is 5.91 Å². The number of hydrogen-bond acceptors (Lipinski definition) is 5. The number of hydrogen-bond donors (Lipinski definition) is 2. The molecular weight excluding hydrogens is 452 g/mol. The van der Waals surface area contributed by atoms with Crippen LogP contribution in [0.3, 0.4) is 0 Å². The van der Waals surface area contributed by atoms with Crippen molar-refractivity contribution in [1.82, 2.24) is 9.97 Å². The molecule has 4 aromatic rings. The van der Waals surface area contributed by atoms with Crippen LogP contribution in [-0.2, 0) is 11.3 Å². The number of rotatable bonds is 7. The molecule has 2 atom stereocenters. The Morgan fingerprint density at radius 2 is 2.00 bits per heavy atom. The van der Waals surface area contributed by atoms with Crippen molar-refractivity contribution < 1.29 is 4.79 Å². The van der Waals surface area contributed by atoms with E-state index in [2.05, 4.69) is 32.7 Å². The van der Waals surface area contributed by atoms with Gasteiger partial charge in [-0.2, -0.15) is 0 Å². The molecule has 0 aliphatic heterocycles. The quantitative estimate of drug-likeness (QED) is 0.317. The number of fused-ring (bicyclic) bond motifs is 1. The topological polar surface area (TPSA) is 66.9 Å². The first-order valence-corrected chi connectivity index (χ1v) is 12.5. The largest absolute Gasteiger partial charge is 0.380 e. The van der Waals surface area contributed by atoms with E-state index in [1.807, 2.05) is 42.6 Å². The molecule has 0 saturated heterocycles. The number of anilines is 2. The minimum absolute atomic E-state index is 0.00618. The van der Waals surface area contributed by atoms with Crippen molar-refractivity contribution in [3.63, 3.8) is 0 Å². The van der Waals surface area contributed by atoms with E-state index in [-0.39, 0.29) is 17.7 Å². The summed E-state index contributed by atoms with van der Waals surface area (Å²) in [7, 11) is 0. The van der Waals surface area contributed by atoms with Gasteiger partial charge in [-0.05, 0) is 72.6 Å². The van der Waals surface area contributed by atoms with Gasteiger partial charge in [0.05, 0.1) is 0 Å². The molecule has 2 saturated carbocycles. The van der Waals surface area contributed by atoms with E-state index < -0.39 is 0 Å². The van der Waals surface area contributed by atoms with Crippen LogP contribution in [0.5, 0.6) is 0 Å². The van der Waals surface area contributed by atoms with Crippen LogP contribution in [0.25, 0.3) is 10.2 Å². The minimum atomic E-state index is -0.0338. The molecule has 166 valence electrons. The zero-order valence-corrected chi connectivity index (χ0v) is 19.5. The summed E-state index contributed by atoms with van der Waals surface area (Å²) in [6.07, 6.45) is 7.16. The van der Waals surface area contributed by atoms with Gasteiger partial charge in [-0.1, -0.05) is 23.7 Å². The Bertz CT molecular complexity index is 1350. The Hall–Kier alpha value is -2.96. The maximum atomic E-state index is 12.7. The summed E-state index contributed by atoms with van der Waals surface area (Å²) in [5.41, 5.74) is 3.40. The molecule has 1 aromatic carbocycles. The van der Waals surface area contributed by atoms with Gasteiger partial charge in [0.15, 0.2) is 0 Å². The molecule has 2 N–H and O–H groups in total. The lowest BCUT2D eigenvalue weighted by molar-refractivity contribution is -0.117. The van der Waals surface area contributed by atoms with Gasteiger partial charge >= 0.3 is 0 Å². The van der Waals surface area contributed by atoms with Gasteiger partial charge < -0.3 is 10.6 Å².